The number of guanidine groups is 1. The van der Waals surface area contributed by atoms with E-state index in [0.717, 1.165) is 0 Å². The molecule has 1 aliphatic carbocycles. The van der Waals surface area contributed by atoms with Gasteiger partial charge < -0.3 is 15.8 Å². The molecule has 2 aliphatic heterocycles. The lowest BCUT2D eigenvalue weighted by Crippen LogP contribution is -2.52. The number of aliphatic imine (C=N–C) groups is 1. The molecule has 2 unspecified atom stereocenters. The third kappa shape index (κ3) is 4.65. The summed E-state index contributed by atoms with van der Waals surface area (Å²) in [6, 6.07) is 5.64. The van der Waals surface area contributed by atoms with Gasteiger partial charge in [0.25, 0.3) is 0 Å². The molecule has 3 aliphatic rings. The highest BCUT2D eigenvalue weighted by Crippen LogP contribution is 2.43. The Hall–Kier alpha value is -2.78. The molecule has 0 spiro atoms. The maximum Gasteiger partial charge on any atom is 0.425 e. The Bertz CT molecular complexity index is 961. The second kappa shape index (κ2) is 8.53. The van der Waals surface area contributed by atoms with Gasteiger partial charge in [0.2, 0.25) is 11.8 Å². The van der Waals surface area contributed by atoms with Crippen LogP contribution in [0.15, 0.2) is 29.3 Å². The first-order chi connectivity index (χ1) is 15.6. The number of amides is 2. The van der Waals surface area contributed by atoms with Crippen LogP contribution in [0.2, 0.25) is 0 Å². The summed E-state index contributed by atoms with van der Waals surface area (Å²) in [7, 11) is 0. The minimum atomic E-state index is -4.53. The highest BCUT2D eigenvalue weighted by atomic mass is 19.4. The fourth-order valence-electron chi connectivity index (χ4n) is 4.74. The summed E-state index contributed by atoms with van der Waals surface area (Å²) in [5.41, 5.74) is 6.15. The quantitative estimate of drug-likeness (QED) is 0.672. The van der Waals surface area contributed by atoms with Gasteiger partial charge in [-0.05, 0) is 31.2 Å². The molecule has 4 rings (SSSR count). The van der Waals surface area contributed by atoms with Gasteiger partial charge in [0, 0.05) is 24.4 Å². The molecule has 2 heterocycles. The Kier molecular flexibility index (Phi) is 6.05. The van der Waals surface area contributed by atoms with E-state index in [1.54, 1.807) is 18.2 Å². The number of nitrogens with zero attached hydrogens (tertiary/aromatic N) is 2. The summed E-state index contributed by atoms with van der Waals surface area (Å²) in [5.74, 6) is -0.613. The summed E-state index contributed by atoms with van der Waals surface area (Å²) in [6.07, 6.45) is -4.65. The van der Waals surface area contributed by atoms with E-state index >= 15 is 0 Å². The largest absolute Gasteiger partial charge is 0.480 e. The number of para-hydroxylation sites is 1. The number of rotatable bonds is 6. The fraction of sp³-hybridized carbons (Fsp3) is 0.609. The van der Waals surface area contributed by atoms with Crippen LogP contribution in [0.3, 0.4) is 0 Å². The molecule has 0 radical (unpaired) electrons. The second-order valence-corrected chi connectivity index (χ2v) is 9.17. The van der Waals surface area contributed by atoms with Gasteiger partial charge in [-0.2, -0.15) is 13.2 Å². The highest BCUT2D eigenvalue weighted by molar-refractivity contribution is 5.99. The SMILES string of the molecule is CCC1(CC)CC(=O)N(CC2CC2C(=O)N[C@H]2C[C@@H](C(F)(F)F)Oc3ccccc32)C(N)=N1. The number of halogens is 3. The summed E-state index contributed by atoms with van der Waals surface area (Å²) in [4.78, 5) is 31.6. The van der Waals surface area contributed by atoms with Crippen LogP contribution in [0.5, 0.6) is 5.75 Å². The summed E-state index contributed by atoms with van der Waals surface area (Å²) in [6.45, 7) is 4.23. The van der Waals surface area contributed by atoms with E-state index in [1.807, 2.05) is 13.8 Å². The molecule has 0 aromatic heterocycles. The Morgan fingerprint density at radius 2 is 1.97 bits per heavy atom. The van der Waals surface area contributed by atoms with Gasteiger partial charge in [0.1, 0.15) is 5.75 Å². The van der Waals surface area contributed by atoms with Crippen LogP contribution in [0.4, 0.5) is 13.2 Å². The van der Waals surface area contributed by atoms with Crippen molar-refractivity contribution >= 4 is 17.8 Å². The average molecular weight is 467 g/mol. The Morgan fingerprint density at radius 3 is 2.61 bits per heavy atom. The van der Waals surface area contributed by atoms with Crippen LogP contribution in [0, 0.1) is 11.8 Å². The van der Waals surface area contributed by atoms with E-state index in [0.29, 0.717) is 24.8 Å². The number of ether oxygens (including phenoxy) is 1. The first-order valence-corrected chi connectivity index (χ1v) is 11.3. The van der Waals surface area contributed by atoms with Gasteiger partial charge in [0.15, 0.2) is 12.1 Å². The molecule has 0 bridgehead atoms. The summed E-state index contributed by atoms with van der Waals surface area (Å²) >= 11 is 0. The number of nitrogens with two attached hydrogens (primary N) is 1. The Morgan fingerprint density at radius 1 is 1.27 bits per heavy atom. The zero-order valence-corrected chi connectivity index (χ0v) is 18.7. The zero-order chi connectivity index (χ0) is 24.0. The summed E-state index contributed by atoms with van der Waals surface area (Å²) < 4.78 is 45.1. The molecule has 33 heavy (non-hydrogen) atoms. The van der Waals surface area contributed by atoms with Crippen molar-refractivity contribution in [2.24, 2.45) is 22.6 Å². The molecule has 1 aromatic rings. The van der Waals surface area contributed by atoms with E-state index in [-0.39, 0.29) is 54.7 Å². The minimum absolute atomic E-state index is 0.105. The molecule has 4 atom stereocenters. The molecule has 1 aromatic carbocycles. The third-order valence-electron chi connectivity index (χ3n) is 7.10. The van der Waals surface area contributed by atoms with E-state index in [1.165, 1.54) is 11.0 Å². The molecular formula is C23H29F3N4O3. The minimum Gasteiger partial charge on any atom is -0.480 e. The van der Waals surface area contributed by atoms with E-state index in [4.69, 9.17) is 10.5 Å². The molecule has 10 heteroatoms. The number of nitrogens with one attached hydrogen (secondary N) is 1. The van der Waals surface area contributed by atoms with Crippen LogP contribution in [0.25, 0.3) is 0 Å². The van der Waals surface area contributed by atoms with Gasteiger partial charge in [-0.3, -0.25) is 14.5 Å². The fourth-order valence-corrected chi connectivity index (χ4v) is 4.74. The predicted molar refractivity (Wildman–Crippen MR) is 115 cm³/mol. The van der Waals surface area contributed by atoms with Crippen LogP contribution >= 0.6 is 0 Å². The maximum absolute atomic E-state index is 13.3. The van der Waals surface area contributed by atoms with E-state index < -0.39 is 23.9 Å². The lowest BCUT2D eigenvalue weighted by molar-refractivity contribution is -0.201. The van der Waals surface area contributed by atoms with Gasteiger partial charge >= 0.3 is 6.18 Å². The van der Waals surface area contributed by atoms with E-state index in [2.05, 4.69) is 10.3 Å². The van der Waals surface area contributed by atoms with Crippen molar-refractivity contribution in [3.63, 3.8) is 0 Å². The normalized spacial score (nSPS) is 28.5. The van der Waals surface area contributed by atoms with Crippen molar-refractivity contribution in [1.29, 1.82) is 0 Å². The van der Waals surface area contributed by atoms with Crippen LogP contribution in [0.1, 0.15) is 57.6 Å². The molecule has 0 saturated heterocycles. The molecule has 1 saturated carbocycles. The molecule has 3 N–H and O–H groups in total. The number of benzene rings is 1. The third-order valence-corrected chi connectivity index (χ3v) is 7.10. The number of carbonyl (C=O) groups is 2. The van der Waals surface area contributed by atoms with Gasteiger partial charge in [-0.1, -0.05) is 32.0 Å². The van der Waals surface area contributed by atoms with Crippen LogP contribution in [-0.4, -0.2) is 47.0 Å². The number of hydrogen-bond acceptors (Lipinski definition) is 5. The molecule has 7 nitrogen and oxygen atoms in total. The van der Waals surface area contributed by atoms with Gasteiger partial charge in [0.05, 0.1) is 18.0 Å². The highest BCUT2D eigenvalue weighted by Gasteiger charge is 2.49. The Labute approximate surface area is 190 Å². The molecule has 180 valence electrons. The van der Waals surface area contributed by atoms with Crippen molar-refractivity contribution in [2.45, 2.75) is 69.8 Å². The van der Waals surface area contributed by atoms with Crippen molar-refractivity contribution in [3.05, 3.63) is 29.8 Å². The number of alkyl halides is 3. The van der Waals surface area contributed by atoms with Crippen LogP contribution < -0.4 is 15.8 Å². The topological polar surface area (TPSA) is 97.0 Å². The van der Waals surface area contributed by atoms with Crippen molar-refractivity contribution in [2.75, 3.05) is 6.54 Å². The molecule has 1 fully saturated rings. The molecule has 2 amide bonds. The Balaban J connectivity index is 1.40. The van der Waals surface area contributed by atoms with Crippen LogP contribution in [-0.2, 0) is 9.59 Å². The summed E-state index contributed by atoms with van der Waals surface area (Å²) in [5, 5.41) is 2.78. The standard InChI is InChI=1S/C23H29F3N4O3/c1-3-22(4-2)11-19(31)30(21(27)29-22)12-13-9-15(13)20(32)28-16-10-18(23(24,25)26)33-17-8-6-5-7-14(16)17/h5-8,13,15-16,18H,3-4,9-12H2,1-2H3,(H2,27,29)(H,28,32)/t13?,15?,16-,18-/m0/s1. The first kappa shape index (κ1) is 23.4. The van der Waals surface area contributed by atoms with Crippen molar-refractivity contribution < 1.29 is 27.5 Å². The number of hydrogen-bond donors (Lipinski definition) is 2. The average Bonchev–Trinajstić information content (AvgIpc) is 3.55. The smallest absolute Gasteiger partial charge is 0.425 e. The lowest BCUT2D eigenvalue weighted by Gasteiger charge is -2.36. The number of fused-ring (bicyclic) bond motifs is 1. The van der Waals surface area contributed by atoms with Gasteiger partial charge in [-0.15, -0.1) is 0 Å². The number of carbonyl (C=O) groups excluding carboxylic acids is 2. The monoisotopic (exact) mass is 466 g/mol. The maximum atomic E-state index is 13.3. The van der Waals surface area contributed by atoms with Crippen molar-refractivity contribution in [3.8, 4) is 5.75 Å². The predicted octanol–water partition coefficient (Wildman–Crippen LogP) is 3.30. The zero-order valence-electron chi connectivity index (χ0n) is 18.7. The van der Waals surface area contributed by atoms with Gasteiger partial charge in [-0.25, -0.2) is 4.99 Å². The first-order valence-electron chi connectivity index (χ1n) is 11.3. The second-order valence-electron chi connectivity index (χ2n) is 9.17. The lowest BCUT2D eigenvalue weighted by atomic mass is 9.88. The molecular weight excluding hydrogens is 437 g/mol. The van der Waals surface area contributed by atoms with E-state index in [9.17, 15) is 22.8 Å². The van der Waals surface area contributed by atoms with Crippen molar-refractivity contribution in [1.82, 2.24) is 10.2 Å².